The Kier molecular flexibility index (Phi) is 7.39. The number of hydrogen-bond acceptors (Lipinski definition) is 6. The van der Waals surface area contributed by atoms with Gasteiger partial charge in [0.1, 0.15) is 23.3 Å². The zero-order chi connectivity index (χ0) is 21.7. The first-order chi connectivity index (χ1) is 14.4. The van der Waals surface area contributed by atoms with Crippen molar-refractivity contribution in [3.8, 4) is 17.2 Å². The Morgan fingerprint density at radius 2 is 1.77 bits per heavy atom. The number of thiocarbonyl (C=S) groups is 1. The van der Waals surface area contributed by atoms with Crippen molar-refractivity contribution in [2.75, 3.05) is 26.9 Å². The standard InChI is InChI=1S/C23H25NO4S2/c1-5-26-20-13-17(14-21-22(25)24(4)23(29)30-21)7-9-19(20)28-11-10-27-18-8-6-15(2)16(3)12-18/h6-9,12-14H,5,10-11H2,1-4H3. The molecule has 2 aromatic rings. The Hall–Kier alpha value is -2.51. The number of ether oxygens (including phenoxy) is 3. The Balaban J connectivity index is 1.64. The number of thioether (sulfide) groups is 1. The van der Waals surface area contributed by atoms with Crippen molar-refractivity contribution in [3.05, 3.63) is 58.0 Å². The third-order valence-electron chi connectivity index (χ3n) is 4.64. The third-order valence-corrected chi connectivity index (χ3v) is 6.12. The molecule has 0 radical (unpaired) electrons. The van der Waals surface area contributed by atoms with Gasteiger partial charge in [-0.25, -0.2) is 0 Å². The van der Waals surface area contributed by atoms with Gasteiger partial charge in [-0.15, -0.1) is 0 Å². The lowest BCUT2D eigenvalue weighted by atomic mass is 10.1. The smallest absolute Gasteiger partial charge is 0.265 e. The number of hydrogen-bond donors (Lipinski definition) is 0. The summed E-state index contributed by atoms with van der Waals surface area (Å²) in [6.45, 7) is 7.38. The Morgan fingerprint density at radius 1 is 1.00 bits per heavy atom. The first kappa shape index (κ1) is 22.2. The van der Waals surface area contributed by atoms with Gasteiger partial charge < -0.3 is 14.2 Å². The van der Waals surface area contributed by atoms with E-state index in [-0.39, 0.29) is 5.91 Å². The predicted molar refractivity (Wildman–Crippen MR) is 125 cm³/mol. The Morgan fingerprint density at radius 3 is 2.43 bits per heavy atom. The molecule has 5 nitrogen and oxygen atoms in total. The highest BCUT2D eigenvalue weighted by molar-refractivity contribution is 8.26. The summed E-state index contributed by atoms with van der Waals surface area (Å²) in [5.74, 6) is 2.01. The molecule has 0 N–H and O–H groups in total. The molecule has 0 aliphatic carbocycles. The summed E-state index contributed by atoms with van der Waals surface area (Å²) in [6, 6.07) is 11.6. The van der Waals surface area contributed by atoms with Crippen LogP contribution in [0.4, 0.5) is 0 Å². The van der Waals surface area contributed by atoms with E-state index in [1.807, 2.05) is 49.4 Å². The van der Waals surface area contributed by atoms with Crippen LogP contribution < -0.4 is 14.2 Å². The molecule has 0 bridgehead atoms. The maximum atomic E-state index is 12.2. The topological polar surface area (TPSA) is 48.0 Å². The number of benzene rings is 2. The minimum Gasteiger partial charge on any atom is -0.490 e. The molecule has 7 heteroatoms. The number of carbonyl (C=O) groups is 1. The zero-order valence-electron chi connectivity index (χ0n) is 17.6. The van der Waals surface area contributed by atoms with E-state index in [4.69, 9.17) is 26.4 Å². The lowest BCUT2D eigenvalue weighted by Gasteiger charge is -2.13. The van der Waals surface area contributed by atoms with Crippen LogP contribution in [0.1, 0.15) is 23.6 Å². The monoisotopic (exact) mass is 443 g/mol. The fraction of sp³-hybridized carbons (Fsp3) is 0.304. The zero-order valence-corrected chi connectivity index (χ0v) is 19.2. The number of aryl methyl sites for hydroxylation is 2. The summed E-state index contributed by atoms with van der Waals surface area (Å²) >= 11 is 6.48. The van der Waals surface area contributed by atoms with Gasteiger partial charge in [0.25, 0.3) is 5.91 Å². The molecular weight excluding hydrogens is 418 g/mol. The highest BCUT2D eigenvalue weighted by Crippen LogP contribution is 2.34. The van der Waals surface area contributed by atoms with Crippen LogP contribution in [0, 0.1) is 13.8 Å². The second-order valence-electron chi connectivity index (χ2n) is 6.82. The molecule has 158 valence electrons. The summed E-state index contributed by atoms with van der Waals surface area (Å²) in [7, 11) is 1.68. The molecule has 0 atom stereocenters. The number of nitrogens with zero attached hydrogens (tertiary/aromatic N) is 1. The van der Waals surface area contributed by atoms with Crippen LogP contribution in [0.15, 0.2) is 41.3 Å². The summed E-state index contributed by atoms with van der Waals surface area (Å²) in [5.41, 5.74) is 3.29. The largest absolute Gasteiger partial charge is 0.490 e. The van der Waals surface area contributed by atoms with E-state index < -0.39 is 0 Å². The van der Waals surface area contributed by atoms with E-state index in [2.05, 4.69) is 13.8 Å². The number of amides is 1. The third kappa shape index (κ3) is 5.34. The van der Waals surface area contributed by atoms with Gasteiger partial charge >= 0.3 is 0 Å². The van der Waals surface area contributed by atoms with Crippen molar-refractivity contribution in [2.24, 2.45) is 0 Å². The average molecular weight is 444 g/mol. The van der Waals surface area contributed by atoms with Crippen LogP contribution >= 0.6 is 24.0 Å². The molecule has 1 saturated heterocycles. The molecule has 3 rings (SSSR count). The molecule has 0 spiro atoms. The Bertz CT molecular complexity index is 987. The van der Waals surface area contributed by atoms with E-state index in [0.29, 0.717) is 40.5 Å². The number of rotatable bonds is 8. The van der Waals surface area contributed by atoms with Gasteiger partial charge in [-0.05, 0) is 67.8 Å². The van der Waals surface area contributed by atoms with Crippen molar-refractivity contribution in [1.29, 1.82) is 0 Å². The fourth-order valence-electron chi connectivity index (χ4n) is 2.81. The van der Waals surface area contributed by atoms with E-state index in [9.17, 15) is 4.79 Å². The molecule has 0 aromatic heterocycles. The van der Waals surface area contributed by atoms with Gasteiger partial charge in [-0.2, -0.15) is 0 Å². The Labute approximate surface area is 187 Å². The SMILES string of the molecule is CCOc1cc(C=C2SC(=S)N(C)C2=O)ccc1OCCOc1ccc(C)c(C)c1. The highest BCUT2D eigenvalue weighted by Gasteiger charge is 2.28. The molecule has 1 amide bonds. The van der Waals surface area contributed by atoms with Crippen molar-refractivity contribution in [2.45, 2.75) is 20.8 Å². The quantitative estimate of drug-likeness (QED) is 0.325. The molecule has 0 saturated carbocycles. The summed E-state index contributed by atoms with van der Waals surface area (Å²) < 4.78 is 17.9. The summed E-state index contributed by atoms with van der Waals surface area (Å²) in [5, 5.41) is 0. The van der Waals surface area contributed by atoms with E-state index in [0.717, 1.165) is 11.3 Å². The minimum atomic E-state index is -0.0909. The van der Waals surface area contributed by atoms with Crippen molar-refractivity contribution >= 4 is 40.3 Å². The molecule has 1 aliphatic rings. The second-order valence-corrected chi connectivity index (χ2v) is 8.50. The first-order valence-corrected chi connectivity index (χ1v) is 10.9. The van der Waals surface area contributed by atoms with Gasteiger partial charge in [0.05, 0.1) is 11.5 Å². The van der Waals surface area contributed by atoms with Crippen LogP contribution in [-0.2, 0) is 4.79 Å². The molecule has 30 heavy (non-hydrogen) atoms. The molecule has 2 aromatic carbocycles. The predicted octanol–water partition coefficient (Wildman–Crippen LogP) is 4.99. The van der Waals surface area contributed by atoms with Gasteiger partial charge in [-0.3, -0.25) is 9.69 Å². The number of likely N-dealkylation sites (N-methyl/N-ethyl adjacent to an activating group) is 1. The fourth-order valence-corrected chi connectivity index (χ4v) is 3.99. The molecule has 1 heterocycles. The first-order valence-electron chi connectivity index (χ1n) is 9.70. The van der Waals surface area contributed by atoms with Crippen molar-refractivity contribution in [3.63, 3.8) is 0 Å². The average Bonchev–Trinajstić information content (AvgIpc) is 2.96. The van der Waals surface area contributed by atoms with Crippen LogP contribution in [0.5, 0.6) is 17.2 Å². The molecule has 1 fully saturated rings. The maximum Gasteiger partial charge on any atom is 0.265 e. The van der Waals surface area contributed by atoms with Gasteiger partial charge in [0, 0.05) is 7.05 Å². The highest BCUT2D eigenvalue weighted by atomic mass is 32.2. The van der Waals surface area contributed by atoms with E-state index in [1.165, 1.54) is 27.8 Å². The van der Waals surface area contributed by atoms with Gasteiger partial charge in [-0.1, -0.05) is 36.1 Å². The summed E-state index contributed by atoms with van der Waals surface area (Å²) in [4.78, 5) is 14.3. The lowest BCUT2D eigenvalue weighted by Crippen LogP contribution is -2.22. The van der Waals surface area contributed by atoms with Gasteiger partial charge in [0.15, 0.2) is 11.5 Å². The van der Waals surface area contributed by atoms with Crippen LogP contribution in [0.3, 0.4) is 0 Å². The lowest BCUT2D eigenvalue weighted by molar-refractivity contribution is -0.121. The van der Waals surface area contributed by atoms with Crippen molar-refractivity contribution in [1.82, 2.24) is 4.90 Å². The van der Waals surface area contributed by atoms with Gasteiger partial charge in [0.2, 0.25) is 0 Å². The molecular formula is C23H25NO4S2. The number of carbonyl (C=O) groups excluding carboxylic acids is 1. The second kappa shape index (κ2) is 10.00. The normalized spacial score (nSPS) is 15.1. The molecule has 1 aliphatic heterocycles. The molecule has 0 unspecified atom stereocenters. The van der Waals surface area contributed by atoms with E-state index in [1.54, 1.807) is 7.05 Å². The summed E-state index contributed by atoms with van der Waals surface area (Å²) in [6.07, 6.45) is 1.82. The van der Waals surface area contributed by atoms with E-state index >= 15 is 0 Å². The van der Waals surface area contributed by atoms with Crippen LogP contribution in [0.2, 0.25) is 0 Å². The maximum absolute atomic E-state index is 12.2. The van der Waals surface area contributed by atoms with Crippen LogP contribution in [0.25, 0.3) is 6.08 Å². The van der Waals surface area contributed by atoms with Crippen LogP contribution in [-0.4, -0.2) is 42.0 Å². The minimum absolute atomic E-state index is 0.0909. The van der Waals surface area contributed by atoms with Crippen molar-refractivity contribution < 1.29 is 19.0 Å².